The van der Waals surface area contributed by atoms with E-state index < -0.39 is 0 Å². The van der Waals surface area contributed by atoms with Crippen molar-refractivity contribution in [2.45, 2.75) is 6.54 Å². The molecule has 100 valence electrons. The van der Waals surface area contributed by atoms with Gasteiger partial charge in [-0.3, -0.25) is 4.90 Å². The van der Waals surface area contributed by atoms with Gasteiger partial charge in [0.1, 0.15) is 0 Å². The van der Waals surface area contributed by atoms with E-state index >= 15 is 0 Å². The van der Waals surface area contributed by atoms with Crippen LogP contribution in [0.4, 0.5) is 5.69 Å². The monoisotopic (exact) mass is 249 g/mol. The van der Waals surface area contributed by atoms with Crippen LogP contribution >= 0.6 is 0 Å². The van der Waals surface area contributed by atoms with Crippen molar-refractivity contribution >= 4 is 5.69 Å². The van der Waals surface area contributed by atoms with Gasteiger partial charge in [0.2, 0.25) is 0 Å². The molecule has 1 saturated heterocycles. The molecule has 0 spiro atoms. The van der Waals surface area contributed by atoms with Crippen molar-refractivity contribution in [3.63, 3.8) is 0 Å². The van der Waals surface area contributed by atoms with Crippen molar-refractivity contribution in [3.8, 4) is 0 Å². The molecule has 2 rings (SSSR count). The molecule has 4 heteroatoms. The maximum atomic E-state index is 8.91. The first-order chi connectivity index (χ1) is 8.79. The third-order valence-electron chi connectivity index (χ3n) is 3.43. The predicted octanol–water partition coefficient (Wildman–Crippen LogP) is 0.520. The summed E-state index contributed by atoms with van der Waals surface area (Å²) in [6, 6.07) is 8.64. The topological polar surface area (TPSA) is 38.7 Å². The second kappa shape index (κ2) is 6.73. The predicted molar refractivity (Wildman–Crippen MR) is 74.9 cm³/mol. The van der Waals surface area contributed by atoms with E-state index in [1.54, 1.807) is 0 Å². The number of benzene rings is 1. The Hall–Kier alpha value is -1.10. The van der Waals surface area contributed by atoms with Crippen molar-refractivity contribution in [3.05, 3.63) is 29.8 Å². The summed E-state index contributed by atoms with van der Waals surface area (Å²) in [6.45, 7) is 6.36. The van der Waals surface area contributed by atoms with Gasteiger partial charge >= 0.3 is 0 Å². The molecule has 1 aliphatic heterocycles. The molecule has 0 amide bonds. The van der Waals surface area contributed by atoms with Crippen LogP contribution in [0, 0.1) is 0 Å². The van der Waals surface area contributed by atoms with E-state index in [1.165, 1.54) is 5.56 Å². The molecule has 0 aromatic heterocycles. The lowest BCUT2D eigenvalue weighted by Crippen LogP contribution is -2.42. The highest BCUT2D eigenvalue weighted by Crippen LogP contribution is 2.14. The van der Waals surface area contributed by atoms with Crippen molar-refractivity contribution in [1.29, 1.82) is 0 Å². The van der Waals surface area contributed by atoms with Gasteiger partial charge in [0.15, 0.2) is 0 Å². The number of rotatable bonds is 5. The van der Waals surface area contributed by atoms with Gasteiger partial charge < -0.3 is 15.3 Å². The fraction of sp³-hybridized carbons (Fsp3) is 0.571. The number of aliphatic hydroxyl groups excluding tert-OH is 1. The third-order valence-corrected chi connectivity index (χ3v) is 3.43. The smallest absolute Gasteiger partial charge is 0.0606 e. The van der Waals surface area contributed by atoms with Gasteiger partial charge in [0, 0.05) is 52.0 Å². The molecule has 1 fully saturated rings. The van der Waals surface area contributed by atoms with Crippen LogP contribution in [0.15, 0.2) is 24.3 Å². The first kappa shape index (κ1) is 13.3. The molecule has 2 N–H and O–H groups in total. The van der Waals surface area contributed by atoms with Crippen LogP contribution < -0.4 is 10.2 Å². The van der Waals surface area contributed by atoms with Crippen molar-refractivity contribution in [1.82, 2.24) is 10.2 Å². The van der Waals surface area contributed by atoms with Gasteiger partial charge in [0.05, 0.1) is 6.61 Å². The van der Waals surface area contributed by atoms with Crippen LogP contribution in [-0.2, 0) is 6.54 Å². The maximum Gasteiger partial charge on any atom is 0.0606 e. The normalized spacial score (nSPS) is 16.8. The van der Waals surface area contributed by atoms with E-state index in [0.717, 1.165) is 38.4 Å². The average Bonchev–Trinajstić information content (AvgIpc) is 2.41. The molecule has 0 atom stereocenters. The quantitative estimate of drug-likeness (QED) is 0.798. The first-order valence-electron chi connectivity index (χ1n) is 6.63. The summed E-state index contributed by atoms with van der Waals surface area (Å²) >= 11 is 0. The molecule has 4 nitrogen and oxygen atoms in total. The van der Waals surface area contributed by atoms with Crippen LogP contribution in [0.5, 0.6) is 0 Å². The number of anilines is 1. The Morgan fingerprint density at radius 1 is 1.22 bits per heavy atom. The Morgan fingerprint density at radius 3 is 2.50 bits per heavy atom. The lowest BCUT2D eigenvalue weighted by molar-refractivity contribution is 0.233. The largest absolute Gasteiger partial charge is 0.395 e. The first-order valence-corrected chi connectivity index (χ1v) is 6.63. The van der Waals surface area contributed by atoms with Gasteiger partial charge in [-0.05, 0) is 17.7 Å². The van der Waals surface area contributed by atoms with Gasteiger partial charge in [-0.2, -0.15) is 0 Å². The van der Waals surface area contributed by atoms with Crippen LogP contribution in [0.3, 0.4) is 0 Å². The molecule has 0 bridgehead atoms. The molecular formula is C14H23N3O. The molecule has 1 heterocycles. The molecule has 0 saturated carbocycles. The summed E-state index contributed by atoms with van der Waals surface area (Å²) in [5.74, 6) is 0. The zero-order valence-electron chi connectivity index (χ0n) is 11.1. The molecular weight excluding hydrogens is 226 g/mol. The summed E-state index contributed by atoms with van der Waals surface area (Å²) < 4.78 is 0. The molecule has 18 heavy (non-hydrogen) atoms. The van der Waals surface area contributed by atoms with E-state index in [4.69, 9.17) is 5.11 Å². The summed E-state index contributed by atoms with van der Waals surface area (Å²) in [6.07, 6.45) is 0. The van der Waals surface area contributed by atoms with E-state index in [2.05, 4.69) is 39.4 Å². The summed E-state index contributed by atoms with van der Waals surface area (Å²) in [5.41, 5.74) is 2.52. The number of aliphatic hydroxyl groups is 1. The second-order valence-electron chi connectivity index (χ2n) is 4.84. The standard InChI is InChI=1S/C14H23N3O/c1-16(10-11-18)14-4-2-13(3-5-14)12-17-8-6-15-7-9-17/h2-5,15,18H,6-12H2,1H3. The lowest BCUT2D eigenvalue weighted by Gasteiger charge is -2.27. The average molecular weight is 249 g/mol. The van der Waals surface area contributed by atoms with Gasteiger partial charge in [0.25, 0.3) is 0 Å². The minimum Gasteiger partial charge on any atom is -0.395 e. The molecule has 1 aromatic carbocycles. The Balaban J connectivity index is 1.90. The number of likely N-dealkylation sites (N-methyl/N-ethyl adjacent to an activating group) is 1. The Labute approximate surface area is 109 Å². The Bertz CT molecular complexity index is 347. The SMILES string of the molecule is CN(CCO)c1ccc(CN2CCNCC2)cc1. The number of nitrogens with zero attached hydrogens (tertiary/aromatic N) is 2. The van der Waals surface area contributed by atoms with Gasteiger partial charge in [-0.15, -0.1) is 0 Å². The highest BCUT2D eigenvalue weighted by molar-refractivity contribution is 5.46. The highest BCUT2D eigenvalue weighted by atomic mass is 16.3. The Kier molecular flexibility index (Phi) is 4.99. The van der Waals surface area contributed by atoms with Crippen LogP contribution in [0.1, 0.15) is 5.56 Å². The molecule has 1 aromatic rings. The zero-order chi connectivity index (χ0) is 12.8. The highest BCUT2D eigenvalue weighted by Gasteiger charge is 2.09. The molecule has 1 aliphatic rings. The van der Waals surface area contributed by atoms with Crippen molar-refractivity contribution in [2.24, 2.45) is 0 Å². The number of hydrogen-bond donors (Lipinski definition) is 2. The second-order valence-corrected chi connectivity index (χ2v) is 4.84. The van der Waals surface area contributed by atoms with Gasteiger partial charge in [-0.25, -0.2) is 0 Å². The van der Waals surface area contributed by atoms with Crippen LogP contribution in [0.2, 0.25) is 0 Å². The van der Waals surface area contributed by atoms with E-state index in [-0.39, 0.29) is 6.61 Å². The fourth-order valence-corrected chi connectivity index (χ4v) is 2.26. The minimum absolute atomic E-state index is 0.193. The van der Waals surface area contributed by atoms with E-state index in [1.807, 2.05) is 7.05 Å². The summed E-state index contributed by atoms with van der Waals surface area (Å²) in [4.78, 5) is 4.54. The van der Waals surface area contributed by atoms with Crippen molar-refractivity contribution < 1.29 is 5.11 Å². The van der Waals surface area contributed by atoms with Crippen LogP contribution in [-0.4, -0.2) is 56.4 Å². The number of hydrogen-bond acceptors (Lipinski definition) is 4. The fourth-order valence-electron chi connectivity index (χ4n) is 2.26. The summed E-state index contributed by atoms with van der Waals surface area (Å²) in [7, 11) is 2.00. The zero-order valence-corrected chi connectivity index (χ0v) is 11.1. The van der Waals surface area contributed by atoms with E-state index in [9.17, 15) is 0 Å². The Morgan fingerprint density at radius 2 is 1.89 bits per heavy atom. The van der Waals surface area contributed by atoms with Gasteiger partial charge in [-0.1, -0.05) is 12.1 Å². The molecule has 0 aliphatic carbocycles. The lowest BCUT2D eigenvalue weighted by atomic mass is 10.1. The van der Waals surface area contributed by atoms with Crippen LogP contribution in [0.25, 0.3) is 0 Å². The number of nitrogens with one attached hydrogen (secondary N) is 1. The van der Waals surface area contributed by atoms with E-state index in [0.29, 0.717) is 6.54 Å². The maximum absolute atomic E-state index is 8.91. The molecule has 0 radical (unpaired) electrons. The van der Waals surface area contributed by atoms with Crippen molar-refractivity contribution in [2.75, 3.05) is 51.3 Å². The minimum atomic E-state index is 0.193. The summed E-state index contributed by atoms with van der Waals surface area (Å²) in [5, 5.41) is 12.3. The molecule has 0 unspecified atom stereocenters. The third kappa shape index (κ3) is 3.70. The number of piperazine rings is 1.